The van der Waals surface area contributed by atoms with Gasteiger partial charge in [0.2, 0.25) is 0 Å². The van der Waals surface area contributed by atoms with E-state index >= 15 is 0 Å². The molecule has 1 atom stereocenters. The van der Waals surface area contributed by atoms with Gasteiger partial charge in [0.15, 0.2) is 5.03 Å². The zero-order chi connectivity index (χ0) is 16.2. The molecule has 3 N–H and O–H groups in total. The van der Waals surface area contributed by atoms with Gasteiger partial charge < -0.3 is 5.41 Å². The van der Waals surface area contributed by atoms with E-state index in [2.05, 4.69) is 15.0 Å². The number of nitrogens with two attached hydrogens (primary N) is 1. The summed E-state index contributed by atoms with van der Waals surface area (Å²) in [6.07, 6.45) is 4.78. The molecule has 0 bridgehead atoms. The summed E-state index contributed by atoms with van der Waals surface area (Å²) < 4.78 is 35.6. The van der Waals surface area contributed by atoms with Gasteiger partial charge in [0.1, 0.15) is 5.82 Å². The summed E-state index contributed by atoms with van der Waals surface area (Å²) in [6.45, 7) is 0. The van der Waals surface area contributed by atoms with E-state index in [1.807, 2.05) is 0 Å². The Morgan fingerprint density at radius 1 is 1.36 bits per heavy atom. The van der Waals surface area contributed by atoms with E-state index in [0.717, 1.165) is 12.4 Å². The van der Waals surface area contributed by atoms with Crippen molar-refractivity contribution in [1.29, 1.82) is 5.41 Å². The number of nitrogens with zero attached hydrogens (tertiary/aromatic N) is 3. The lowest BCUT2D eigenvalue weighted by Gasteiger charge is -2.07. The Hall–Kier alpha value is -2.52. The second-order valence-corrected chi connectivity index (χ2v) is 5.79. The maximum atomic E-state index is 13.0. The zero-order valence-corrected chi connectivity index (χ0v) is 12.0. The lowest BCUT2D eigenvalue weighted by atomic mass is 10.1. The van der Waals surface area contributed by atoms with Crippen molar-refractivity contribution < 1.29 is 12.8 Å². The Morgan fingerprint density at radius 2 is 2.14 bits per heavy atom. The lowest BCUT2D eigenvalue weighted by molar-refractivity contribution is 0.593. The summed E-state index contributed by atoms with van der Waals surface area (Å²) in [6, 6.07) is 5.45. The number of aromatic nitrogens is 2. The molecule has 2 rings (SSSR count). The molecule has 9 heteroatoms. The number of sulfonamides is 1. The highest BCUT2D eigenvalue weighted by Gasteiger charge is 2.13. The minimum absolute atomic E-state index is 0.273. The first-order valence-electron chi connectivity index (χ1n) is 6.05. The molecule has 22 heavy (non-hydrogen) atoms. The van der Waals surface area contributed by atoms with E-state index in [-0.39, 0.29) is 16.4 Å². The van der Waals surface area contributed by atoms with Crippen molar-refractivity contribution in [3.63, 3.8) is 0 Å². The van der Waals surface area contributed by atoms with Crippen LogP contribution in [-0.4, -0.2) is 30.8 Å². The molecule has 7 nitrogen and oxygen atoms in total. The summed E-state index contributed by atoms with van der Waals surface area (Å²) in [5, 5.41) is 12.1. The number of primary sulfonamides is 1. The molecule has 0 spiro atoms. The molecule has 114 valence electrons. The largest absolute Gasteiger partial charge is 0.312 e. The van der Waals surface area contributed by atoms with Crippen LogP contribution in [0.1, 0.15) is 11.6 Å². The predicted octanol–water partition coefficient (Wildman–Crippen LogP) is 1.40. The zero-order valence-electron chi connectivity index (χ0n) is 11.2. The van der Waals surface area contributed by atoms with Gasteiger partial charge in [0, 0.05) is 18.5 Å². The number of hydrogen-bond donors (Lipinski definition) is 2. The molecule has 0 aliphatic heterocycles. The van der Waals surface area contributed by atoms with Gasteiger partial charge in [-0.3, -0.25) is 9.98 Å². The fraction of sp³-hybridized carbons (Fsp3) is 0.0769. The van der Waals surface area contributed by atoms with Crippen LogP contribution in [0.3, 0.4) is 0 Å². The Morgan fingerprint density at radius 3 is 2.77 bits per heavy atom. The van der Waals surface area contributed by atoms with E-state index in [0.29, 0.717) is 0 Å². The van der Waals surface area contributed by atoms with Gasteiger partial charge >= 0.3 is 0 Å². The Bertz CT molecular complexity index is 823. The normalized spacial score (nSPS) is 13.2. The quantitative estimate of drug-likeness (QED) is 0.808. The van der Waals surface area contributed by atoms with Crippen LogP contribution in [0.2, 0.25) is 0 Å². The maximum Gasteiger partial charge on any atom is 0.255 e. The van der Waals surface area contributed by atoms with Crippen molar-refractivity contribution in [2.24, 2.45) is 10.1 Å². The van der Waals surface area contributed by atoms with Crippen LogP contribution in [0.5, 0.6) is 0 Å². The molecule has 2 heterocycles. The highest BCUT2D eigenvalue weighted by molar-refractivity contribution is 7.89. The van der Waals surface area contributed by atoms with Gasteiger partial charge in [0.25, 0.3) is 10.0 Å². The molecular weight excluding hydrogens is 309 g/mol. The third-order valence-electron chi connectivity index (χ3n) is 2.63. The highest BCUT2D eigenvalue weighted by atomic mass is 32.2. The molecule has 0 aliphatic carbocycles. The average Bonchev–Trinajstić information content (AvgIpc) is 2.47. The van der Waals surface area contributed by atoms with Gasteiger partial charge in [-0.25, -0.2) is 22.9 Å². The lowest BCUT2D eigenvalue weighted by Crippen LogP contribution is -2.15. The van der Waals surface area contributed by atoms with E-state index in [9.17, 15) is 12.8 Å². The summed E-state index contributed by atoms with van der Waals surface area (Å²) in [7, 11) is -3.93. The first-order chi connectivity index (χ1) is 10.4. The number of pyridine rings is 2. The predicted molar refractivity (Wildman–Crippen MR) is 79.5 cm³/mol. The Labute approximate surface area is 126 Å². The minimum Gasteiger partial charge on any atom is -0.312 e. The topological polar surface area (TPSA) is 122 Å². The number of hydrogen-bond acceptors (Lipinski definition) is 6. The van der Waals surface area contributed by atoms with E-state index in [1.165, 1.54) is 30.6 Å². The highest BCUT2D eigenvalue weighted by Crippen LogP contribution is 2.15. The Balaban J connectivity index is 2.31. The van der Waals surface area contributed by atoms with Crippen molar-refractivity contribution in [2.75, 3.05) is 0 Å². The first kappa shape index (κ1) is 15.9. The number of aliphatic imine (C=N–C) groups is 1. The molecule has 0 aliphatic rings. The number of halogens is 1. The van der Waals surface area contributed by atoms with Crippen molar-refractivity contribution >= 4 is 28.1 Å². The molecule has 2 aromatic heterocycles. The van der Waals surface area contributed by atoms with Gasteiger partial charge in [-0.2, -0.15) is 0 Å². The van der Waals surface area contributed by atoms with E-state index in [4.69, 9.17) is 10.5 Å². The van der Waals surface area contributed by atoms with Crippen LogP contribution in [-0.2, 0) is 10.0 Å². The van der Waals surface area contributed by atoms with E-state index in [1.54, 1.807) is 6.07 Å². The minimum atomic E-state index is -3.93. The van der Waals surface area contributed by atoms with Crippen LogP contribution in [0.15, 0.2) is 46.7 Å². The summed E-state index contributed by atoms with van der Waals surface area (Å²) in [4.78, 5) is 11.6. The van der Waals surface area contributed by atoms with Gasteiger partial charge in [-0.1, -0.05) is 6.07 Å². The molecule has 2 aromatic rings. The van der Waals surface area contributed by atoms with Crippen molar-refractivity contribution in [3.8, 4) is 0 Å². The Kier molecular flexibility index (Phi) is 4.68. The van der Waals surface area contributed by atoms with Gasteiger partial charge in [0.05, 0.1) is 29.7 Å². The van der Waals surface area contributed by atoms with Crippen LogP contribution in [0, 0.1) is 11.2 Å². The van der Waals surface area contributed by atoms with Crippen LogP contribution >= 0.6 is 0 Å². The molecule has 0 radical (unpaired) electrons. The summed E-state index contributed by atoms with van der Waals surface area (Å²) >= 11 is 0. The standard InChI is InChI=1S/C13H12FN5O2S/c14-10-4-11(8-17-7-10)18-6-9(5-15)12-2-1-3-13(19-12)22(16,20)21/h1-9,15H,(H2,16,20,21). The average molecular weight is 321 g/mol. The van der Waals surface area contributed by atoms with Gasteiger partial charge in [-0.05, 0) is 12.1 Å². The first-order valence-corrected chi connectivity index (χ1v) is 7.60. The van der Waals surface area contributed by atoms with Crippen LogP contribution in [0.4, 0.5) is 10.1 Å². The third kappa shape index (κ3) is 3.99. The van der Waals surface area contributed by atoms with Gasteiger partial charge in [-0.15, -0.1) is 0 Å². The number of rotatable bonds is 5. The number of nitrogens with one attached hydrogen (secondary N) is 1. The van der Waals surface area contributed by atoms with Crippen LogP contribution in [0.25, 0.3) is 0 Å². The fourth-order valence-electron chi connectivity index (χ4n) is 1.62. The monoisotopic (exact) mass is 321 g/mol. The fourth-order valence-corrected chi connectivity index (χ4v) is 2.12. The molecule has 0 fully saturated rings. The van der Waals surface area contributed by atoms with Crippen molar-refractivity contribution in [1.82, 2.24) is 9.97 Å². The molecule has 0 saturated carbocycles. The summed E-state index contributed by atoms with van der Waals surface area (Å²) in [5.41, 5.74) is 0.559. The smallest absolute Gasteiger partial charge is 0.255 e. The second kappa shape index (κ2) is 6.50. The van der Waals surface area contributed by atoms with Crippen molar-refractivity contribution in [3.05, 3.63) is 48.2 Å². The molecule has 0 amide bonds. The maximum absolute atomic E-state index is 13.0. The molecule has 1 unspecified atom stereocenters. The van der Waals surface area contributed by atoms with Crippen molar-refractivity contribution in [2.45, 2.75) is 10.9 Å². The second-order valence-electron chi connectivity index (χ2n) is 4.28. The molecular formula is C13H12FN5O2S. The third-order valence-corrected chi connectivity index (χ3v) is 3.44. The summed E-state index contributed by atoms with van der Waals surface area (Å²) in [5.74, 6) is -1.21. The van der Waals surface area contributed by atoms with E-state index < -0.39 is 21.8 Å². The van der Waals surface area contributed by atoms with Crippen LogP contribution < -0.4 is 5.14 Å². The molecule has 0 aromatic carbocycles. The SMILES string of the molecule is N=CC(C=Nc1cncc(F)c1)c1cccc(S(N)(=O)=O)n1. The molecule has 0 saturated heterocycles.